The molecule has 4 fully saturated rings. The summed E-state index contributed by atoms with van der Waals surface area (Å²) in [6.07, 6.45) is -4.90. The number of ether oxygens (including phenoxy) is 6. The molecule has 15 heteroatoms. The van der Waals surface area contributed by atoms with Gasteiger partial charge in [-0.15, -0.1) is 0 Å². The third-order valence-corrected chi connectivity index (χ3v) is 12.7. The molecule has 0 spiro atoms. The Morgan fingerprint density at radius 1 is 0.944 bits per heavy atom. The zero-order valence-corrected chi connectivity index (χ0v) is 33.4. The molecule has 2 bridgehead atoms. The fourth-order valence-electron chi connectivity index (χ4n) is 9.98. The van der Waals surface area contributed by atoms with Gasteiger partial charge >= 0.3 is 24.0 Å². The predicted octanol–water partition coefficient (Wildman–Crippen LogP) is 1.31. The molecule has 5 rings (SSSR count). The Morgan fingerprint density at radius 3 is 2.22 bits per heavy atom. The van der Waals surface area contributed by atoms with Crippen LogP contribution in [0.4, 0.5) is 0 Å². The molecule has 54 heavy (non-hydrogen) atoms. The largest absolute Gasteiger partial charge is 0.546 e. The highest BCUT2D eigenvalue weighted by atomic mass is 16.7. The molecule has 4 heterocycles. The smallest absolute Gasteiger partial charge is 0.458 e. The number of ketones is 3. The first kappa shape index (κ1) is 41.7. The first-order valence-electron chi connectivity index (χ1n) is 19.3. The third kappa shape index (κ3) is 7.56. The summed E-state index contributed by atoms with van der Waals surface area (Å²) in [5, 5.41) is 11.1. The maximum Gasteiger partial charge on any atom is 0.546 e. The Bertz CT molecular complexity index is 1550. The number of hydrogen-bond donors (Lipinski definition) is 2. The predicted molar refractivity (Wildman–Crippen MR) is 189 cm³/mol. The molecule has 3 saturated heterocycles. The van der Waals surface area contributed by atoms with Crippen LogP contribution in [0, 0.1) is 47.3 Å². The molecule has 302 valence electrons. The molecule has 5 aliphatic rings. The molecule has 0 aromatic carbocycles. The van der Waals surface area contributed by atoms with E-state index in [1.807, 2.05) is 25.9 Å². The van der Waals surface area contributed by atoms with Crippen LogP contribution < -0.4 is 4.99 Å². The molecule has 0 aromatic rings. The van der Waals surface area contributed by atoms with Crippen LogP contribution in [0.2, 0.25) is 0 Å². The number of aliphatic hydroxyl groups excluding tert-OH is 1. The van der Waals surface area contributed by atoms with Crippen molar-refractivity contribution < 1.29 is 67.3 Å². The molecule has 0 radical (unpaired) electrons. The number of nitrogens with one attached hydrogen (secondary N) is 1. The molecule has 7 unspecified atom stereocenters. The van der Waals surface area contributed by atoms with Crippen molar-refractivity contribution in [3.63, 3.8) is 0 Å². The Balaban J connectivity index is 1.70. The summed E-state index contributed by atoms with van der Waals surface area (Å²) in [5.74, 6) is -10.4. The lowest BCUT2D eigenvalue weighted by atomic mass is 9.68. The van der Waals surface area contributed by atoms with Gasteiger partial charge in [0, 0.05) is 49.5 Å². The van der Waals surface area contributed by atoms with Crippen LogP contribution in [0.5, 0.6) is 0 Å². The number of carbonyl (C=O) groups excluding carboxylic acids is 6. The number of esters is 3. The molecule has 0 amide bonds. The number of hydrogen-bond acceptors (Lipinski definition) is 13. The van der Waals surface area contributed by atoms with E-state index in [1.54, 1.807) is 41.5 Å². The average Bonchev–Trinajstić information content (AvgIpc) is 3.52. The zero-order chi connectivity index (χ0) is 40.2. The van der Waals surface area contributed by atoms with Crippen LogP contribution in [-0.4, -0.2) is 120 Å². The van der Waals surface area contributed by atoms with E-state index in [4.69, 9.17) is 28.4 Å². The van der Waals surface area contributed by atoms with Gasteiger partial charge in [0.2, 0.25) is 11.6 Å². The molecule has 4 aliphatic heterocycles. The minimum atomic E-state index is -1.77. The standard InChI is InChI=1S/C39H58N2O13/c1-12-27-38(8)25-15-26(43)28(19(4)29(44)17(2)13-24(25)35(47)53-38)32-39(9,54-37(48)40-32)33(20(5)30(45)21(6)34(46)51-27)52-36-31(50-22(7)42)23(16-41(10)11)14-18(3)49-36/h17-21,23-25,27-28,31-33,36H,12-16H2,1-11H3,(H,40,48)/p+1/t17-,18?,19-,20+,21-,23?,24?,25?,27-,28?,31-,32?,33-,36?,38+,39-/m1/s1. The van der Waals surface area contributed by atoms with Crippen molar-refractivity contribution >= 4 is 41.3 Å². The van der Waals surface area contributed by atoms with Gasteiger partial charge in [0.15, 0.2) is 18.2 Å². The van der Waals surface area contributed by atoms with E-state index in [9.17, 15) is 33.9 Å². The number of cyclic esters (lactones) is 1. The monoisotopic (exact) mass is 763 g/mol. The quantitative estimate of drug-likeness (QED) is 0.223. The molecule has 0 aromatic heterocycles. The Kier molecular flexibility index (Phi) is 12.1. The molecule has 1 saturated carbocycles. The van der Waals surface area contributed by atoms with Crippen LogP contribution in [0.25, 0.3) is 0 Å². The van der Waals surface area contributed by atoms with Crippen molar-refractivity contribution in [3.8, 4) is 0 Å². The molecule has 16 atom stereocenters. The molecular weight excluding hydrogens is 704 g/mol. The lowest BCUT2D eigenvalue weighted by Crippen LogP contribution is -2.84. The highest BCUT2D eigenvalue weighted by Crippen LogP contribution is 2.49. The van der Waals surface area contributed by atoms with E-state index in [1.165, 1.54) is 13.8 Å². The summed E-state index contributed by atoms with van der Waals surface area (Å²) in [5.41, 5.74) is -3.20. The van der Waals surface area contributed by atoms with Gasteiger partial charge in [-0.3, -0.25) is 28.8 Å². The lowest BCUT2D eigenvalue weighted by Gasteiger charge is -2.46. The number of carbonyl (C=O) groups is 6. The zero-order valence-electron chi connectivity index (χ0n) is 33.4. The minimum Gasteiger partial charge on any atom is -0.458 e. The Morgan fingerprint density at radius 2 is 1.61 bits per heavy atom. The second kappa shape index (κ2) is 15.6. The second-order valence-corrected chi connectivity index (χ2v) is 17.0. The Labute approximate surface area is 317 Å². The van der Waals surface area contributed by atoms with E-state index in [0.29, 0.717) is 13.0 Å². The van der Waals surface area contributed by atoms with Crippen LogP contribution in [0.15, 0.2) is 0 Å². The van der Waals surface area contributed by atoms with Gasteiger partial charge < -0.3 is 38.4 Å². The van der Waals surface area contributed by atoms with Crippen LogP contribution in [0.3, 0.4) is 0 Å². The van der Waals surface area contributed by atoms with Gasteiger partial charge in [0.1, 0.15) is 35.3 Å². The minimum absolute atomic E-state index is 0.121. The van der Waals surface area contributed by atoms with E-state index < -0.39 is 119 Å². The van der Waals surface area contributed by atoms with E-state index in [2.05, 4.69) is 4.99 Å². The van der Waals surface area contributed by atoms with Crippen LogP contribution in [0.1, 0.15) is 88.0 Å². The number of rotatable bonds is 6. The van der Waals surface area contributed by atoms with Crippen molar-refractivity contribution in [2.24, 2.45) is 47.3 Å². The van der Waals surface area contributed by atoms with Gasteiger partial charge in [-0.2, -0.15) is 4.99 Å². The maximum atomic E-state index is 14.9. The van der Waals surface area contributed by atoms with Gasteiger partial charge in [0.05, 0.1) is 17.9 Å². The van der Waals surface area contributed by atoms with Crippen molar-refractivity contribution in [1.82, 2.24) is 4.90 Å². The van der Waals surface area contributed by atoms with Crippen molar-refractivity contribution in [1.29, 1.82) is 0 Å². The fourth-order valence-corrected chi connectivity index (χ4v) is 9.98. The highest BCUT2D eigenvalue weighted by Gasteiger charge is 2.66. The van der Waals surface area contributed by atoms with Gasteiger partial charge in [-0.05, 0) is 61.1 Å². The van der Waals surface area contributed by atoms with Crippen molar-refractivity contribution in [2.45, 2.75) is 136 Å². The molecular formula is C39H59N2O13+. The van der Waals surface area contributed by atoms with E-state index >= 15 is 0 Å². The highest BCUT2D eigenvalue weighted by molar-refractivity contribution is 6.00. The van der Waals surface area contributed by atoms with Gasteiger partial charge in [-0.25, -0.2) is 0 Å². The third-order valence-electron chi connectivity index (χ3n) is 12.7. The van der Waals surface area contributed by atoms with Crippen molar-refractivity contribution in [3.05, 3.63) is 0 Å². The first-order chi connectivity index (χ1) is 25.1. The molecule has 15 nitrogen and oxygen atoms in total. The summed E-state index contributed by atoms with van der Waals surface area (Å²) in [6.45, 7) is 15.0. The lowest BCUT2D eigenvalue weighted by molar-refractivity contribution is -0.521. The summed E-state index contributed by atoms with van der Waals surface area (Å²) in [6, 6.07) is -1.16. The molecule has 2 N–H and O–H groups in total. The number of fused-ring (bicyclic) bond motifs is 4. The second-order valence-electron chi connectivity index (χ2n) is 17.0. The van der Waals surface area contributed by atoms with E-state index in [-0.39, 0.29) is 37.1 Å². The van der Waals surface area contributed by atoms with Crippen LogP contribution >= 0.6 is 0 Å². The topological polar surface area (TPSA) is 195 Å². The summed E-state index contributed by atoms with van der Waals surface area (Å²) in [4.78, 5) is 88.5. The number of aliphatic hydroxyl groups is 1. The van der Waals surface area contributed by atoms with Crippen molar-refractivity contribution in [2.75, 3.05) is 20.6 Å². The van der Waals surface area contributed by atoms with Crippen LogP contribution in [-0.2, 0) is 57.2 Å². The normalized spacial score (nSPS) is 44.6. The fraction of sp³-hybridized carbons (Fsp3) is 0.821. The van der Waals surface area contributed by atoms with Gasteiger partial charge in [0.25, 0.3) is 0 Å². The Hall–Kier alpha value is -3.43. The van der Waals surface area contributed by atoms with E-state index in [0.717, 1.165) is 0 Å². The summed E-state index contributed by atoms with van der Waals surface area (Å²) in [7, 11) is 3.78. The average molecular weight is 764 g/mol. The summed E-state index contributed by atoms with van der Waals surface area (Å²) < 4.78 is 37.2. The first-order valence-corrected chi connectivity index (χ1v) is 19.3. The number of nitrogens with zero attached hydrogens (tertiary/aromatic N) is 1. The maximum absolute atomic E-state index is 14.9. The molecule has 1 aliphatic carbocycles. The van der Waals surface area contributed by atoms with Gasteiger partial charge in [-0.1, -0.05) is 27.7 Å². The number of Topliss-reactive ketones (excluding diaryl/α,β-unsaturated/α-hetero) is 3. The summed E-state index contributed by atoms with van der Waals surface area (Å²) >= 11 is 0. The SMILES string of the molecule is CC[C@H]1OC(=O)[C@H](C)C(=O)[C@H](C)[C@@H](OC2OC(C)CC(CN(C)C)[C@H]2OC(C)=O)[C@]2(C)OC(O)=[NH+]C2C2C(=O)CC3C(C[C@@H](C)C(=O)[C@@H]2C)C(=O)O[C@@]31C.